The zero-order valence-corrected chi connectivity index (χ0v) is 60.9. The molecule has 5 nitrogen and oxygen atoms in total. The van der Waals surface area contributed by atoms with Gasteiger partial charge in [0, 0.05) is 12.8 Å². The van der Waals surface area contributed by atoms with Crippen molar-refractivity contribution in [2.45, 2.75) is 341 Å². The first kappa shape index (κ1) is 88.7. The summed E-state index contributed by atoms with van der Waals surface area (Å²) >= 11 is 0. The third-order valence-electron chi connectivity index (χ3n) is 16.4. The van der Waals surface area contributed by atoms with Crippen LogP contribution in [0.3, 0.4) is 0 Å². The topological polar surface area (TPSA) is 72.8 Å². The first-order valence-electron chi connectivity index (χ1n) is 39.0. The first-order valence-corrected chi connectivity index (χ1v) is 39.0. The normalized spacial score (nSPS) is 13.4. The summed E-state index contributed by atoms with van der Waals surface area (Å²) in [5.74, 6) is -0.642. The Balaban J connectivity index is 3.55. The lowest BCUT2D eigenvalue weighted by Gasteiger charge is -2.15. The van der Waals surface area contributed by atoms with Gasteiger partial charge in [-0.25, -0.2) is 0 Å². The third kappa shape index (κ3) is 79.2. The molecule has 0 spiro atoms. The molecule has 0 aliphatic heterocycles. The second-order valence-electron chi connectivity index (χ2n) is 25.3. The number of rotatable bonds is 70. The lowest BCUT2D eigenvalue weighted by atomic mass is 10.0. The van der Waals surface area contributed by atoms with Crippen LogP contribution in [0.2, 0.25) is 0 Å². The standard InChI is InChI=1S/C89H144O5/c1-3-5-7-9-11-13-15-17-19-21-23-25-27-29-31-33-35-37-39-41-43-44-46-47-49-51-53-55-57-59-61-63-65-67-69-71-73-75-77-79-81-83-88(91)93-86-87(85-90)94-89(92)84-82-80-78-76-74-72-70-68-66-64-62-60-58-56-54-52-50-48-45-42-40-38-36-34-32-30-28-26-24-22-20-18-16-14-12-10-8-6-4-2/h5-8,11-14,17-20,23-26,30,32,36,38,42,45,50,52,56,58,62,64,68,70,74,76,87,90H,3-4,9-10,15-16,21-22,27-29,31,33-35,37,39-41,43-44,46-49,51,53-55,57,59-61,63,65-67,69,71-73,75,77-86H2,1-2H3/b7-5-,8-6-,13-11-,14-12-,19-17-,20-18-,25-23-,26-24-,32-30-,38-36-,45-42-,52-50-,58-56-,64-62-,70-68-,76-74-. The quantitative estimate of drug-likeness (QED) is 0.0373. The van der Waals surface area contributed by atoms with Crippen LogP contribution < -0.4 is 0 Å². The van der Waals surface area contributed by atoms with Crippen LogP contribution in [0.4, 0.5) is 0 Å². The van der Waals surface area contributed by atoms with Crippen LogP contribution in [-0.4, -0.2) is 36.4 Å². The number of hydrogen-bond donors (Lipinski definition) is 1. The van der Waals surface area contributed by atoms with Crippen molar-refractivity contribution >= 4 is 11.9 Å². The van der Waals surface area contributed by atoms with Crippen LogP contribution in [0.15, 0.2) is 194 Å². The summed E-state index contributed by atoms with van der Waals surface area (Å²) in [6, 6.07) is 0. The van der Waals surface area contributed by atoms with Gasteiger partial charge >= 0.3 is 11.9 Å². The Labute approximate surface area is 581 Å². The Hall–Kier alpha value is -5.26. The van der Waals surface area contributed by atoms with Crippen molar-refractivity contribution in [3.8, 4) is 0 Å². The van der Waals surface area contributed by atoms with E-state index in [4.69, 9.17) is 9.47 Å². The number of hydrogen-bond acceptors (Lipinski definition) is 5. The zero-order chi connectivity index (χ0) is 67.5. The van der Waals surface area contributed by atoms with Crippen molar-refractivity contribution in [2.75, 3.05) is 13.2 Å². The van der Waals surface area contributed by atoms with Gasteiger partial charge in [0.15, 0.2) is 6.10 Å². The highest BCUT2D eigenvalue weighted by Gasteiger charge is 2.16. The Morgan fingerprint density at radius 3 is 0.660 bits per heavy atom. The van der Waals surface area contributed by atoms with Gasteiger partial charge in [0.25, 0.3) is 0 Å². The van der Waals surface area contributed by atoms with E-state index in [0.29, 0.717) is 19.3 Å². The SMILES string of the molecule is CC/C=C\C/C=C\C/C=C\C/C=C\C/C=C\C/C=C\C/C=C\C/C=C\C/C=C\C/C=C\C/C=C\C/C=C\CCCCC(=O)OC(CO)COC(=O)CCCCCCCCCCCCCCCCCCCCCCCCCCCCCC/C=C\C/C=C\C/C=C\C/C=C\CC. The van der Waals surface area contributed by atoms with Crippen LogP contribution in [0, 0.1) is 0 Å². The zero-order valence-electron chi connectivity index (χ0n) is 60.9. The maximum Gasteiger partial charge on any atom is 0.306 e. The fraction of sp³-hybridized carbons (Fsp3) is 0.618. The summed E-state index contributed by atoms with van der Waals surface area (Å²) in [7, 11) is 0. The highest BCUT2D eigenvalue weighted by atomic mass is 16.6. The molecular formula is C89H144O5. The smallest absolute Gasteiger partial charge is 0.306 e. The number of ether oxygens (including phenoxy) is 2. The molecule has 1 atom stereocenters. The van der Waals surface area contributed by atoms with E-state index in [-0.39, 0.29) is 25.2 Å². The molecule has 1 N–H and O–H groups in total. The van der Waals surface area contributed by atoms with E-state index in [1.54, 1.807) is 0 Å². The van der Waals surface area contributed by atoms with Crippen molar-refractivity contribution in [2.24, 2.45) is 0 Å². The molecule has 0 rings (SSSR count). The Bertz CT molecular complexity index is 2110. The molecule has 0 fully saturated rings. The molecule has 5 heteroatoms. The van der Waals surface area contributed by atoms with Crippen molar-refractivity contribution in [1.82, 2.24) is 0 Å². The molecule has 0 aliphatic rings. The van der Waals surface area contributed by atoms with Gasteiger partial charge in [0.2, 0.25) is 0 Å². The van der Waals surface area contributed by atoms with Gasteiger partial charge in [0.05, 0.1) is 6.61 Å². The lowest BCUT2D eigenvalue weighted by Crippen LogP contribution is -2.28. The fourth-order valence-electron chi connectivity index (χ4n) is 10.6. The fourth-order valence-corrected chi connectivity index (χ4v) is 10.6. The predicted molar refractivity (Wildman–Crippen MR) is 416 cm³/mol. The van der Waals surface area contributed by atoms with E-state index in [1.165, 1.54) is 167 Å². The Morgan fingerprint density at radius 1 is 0.245 bits per heavy atom. The minimum atomic E-state index is -0.809. The lowest BCUT2D eigenvalue weighted by molar-refractivity contribution is -0.161. The average molecular weight is 1290 g/mol. The van der Waals surface area contributed by atoms with E-state index in [9.17, 15) is 14.7 Å². The van der Waals surface area contributed by atoms with Crippen molar-refractivity contribution in [1.29, 1.82) is 0 Å². The summed E-state index contributed by atoms with van der Waals surface area (Å²) in [5.41, 5.74) is 0. The van der Waals surface area contributed by atoms with E-state index >= 15 is 0 Å². The summed E-state index contributed by atoms with van der Waals surface area (Å²) in [6.07, 6.45) is 129. The maximum absolute atomic E-state index is 12.4. The molecule has 0 aliphatic carbocycles. The Kier molecular flexibility index (Phi) is 77.4. The predicted octanol–water partition coefficient (Wildman–Crippen LogP) is 27.9. The number of allylic oxidation sites excluding steroid dienone is 32. The molecule has 0 saturated heterocycles. The minimum Gasteiger partial charge on any atom is -0.462 e. The molecule has 530 valence electrons. The van der Waals surface area contributed by atoms with E-state index < -0.39 is 6.10 Å². The van der Waals surface area contributed by atoms with Gasteiger partial charge in [-0.3, -0.25) is 9.59 Å². The highest BCUT2D eigenvalue weighted by molar-refractivity contribution is 5.70. The average Bonchev–Trinajstić information content (AvgIpc) is 3.65. The Morgan fingerprint density at radius 2 is 0.426 bits per heavy atom. The van der Waals surface area contributed by atoms with Crippen molar-refractivity contribution in [3.05, 3.63) is 194 Å². The van der Waals surface area contributed by atoms with Gasteiger partial charge < -0.3 is 14.6 Å². The summed E-state index contributed by atoms with van der Waals surface area (Å²) in [6.45, 7) is 3.89. The maximum atomic E-state index is 12.4. The largest absolute Gasteiger partial charge is 0.462 e. The van der Waals surface area contributed by atoms with Gasteiger partial charge in [-0.2, -0.15) is 0 Å². The van der Waals surface area contributed by atoms with Gasteiger partial charge in [-0.15, -0.1) is 0 Å². The summed E-state index contributed by atoms with van der Waals surface area (Å²) < 4.78 is 10.7. The molecule has 0 aromatic rings. The molecule has 0 amide bonds. The monoisotopic (exact) mass is 1290 g/mol. The highest BCUT2D eigenvalue weighted by Crippen LogP contribution is 2.18. The van der Waals surface area contributed by atoms with E-state index in [2.05, 4.69) is 208 Å². The van der Waals surface area contributed by atoms with E-state index in [0.717, 1.165) is 135 Å². The van der Waals surface area contributed by atoms with Gasteiger partial charge in [0.1, 0.15) is 6.61 Å². The second kappa shape index (κ2) is 82.0. The molecule has 0 saturated carbocycles. The molecule has 0 aromatic heterocycles. The van der Waals surface area contributed by atoms with Crippen LogP contribution in [0.1, 0.15) is 335 Å². The van der Waals surface area contributed by atoms with Crippen molar-refractivity contribution < 1.29 is 24.2 Å². The van der Waals surface area contributed by atoms with Crippen LogP contribution >= 0.6 is 0 Å². The second-order valence-corrected chi connectivity index (χ2v) is 25.3. The first-order chi connectivity index (χ1) is 46.6. The number of aliphatic hydroxyl groups excluding tert-OH is 1. The van der Waals surface area contributed by atoms with Gasteiger partial charge in [-0.05, 0) is 141 Å². The van der Waals surface area contributed by atoms with E-state index in [1.807, 2.05) is 0 Å². The van der Waals surface area contributed by atoms with Gasteiger partial charge in [-0.1, -0.05) is 375 Å². The van der Waals surface area contributed by atoms with Crippen molar-refractivity contribution in [3.63, 3.8) is 0 Å². The van der Waals surface area contributed by atoms with Crippen LogP contribution in [0.5, 0.6) is 0 Å². The van der Waals surface area contributed by atoms with Crippen LogP contribution in [0.25, 0.3) is 0 Å². The minimum absolute atomic E-state index is 0.0914. The molecule has 94 heavy (non-hydrogen) atoms. The molecule has 1 unspecified atom stereocenters. The third-order valence-corrected chi connectivity index (χ3v) is 16.4. The number of esters is 2. The molecule has 0 heterocycles. The molecule has 0 aromatic carbocycles. The number of carbonyl (C=O) groups is 2. The summed E-state index contributed by atoms with van der Waals surface area (Å²) in [5, 5.41) is 9.71. The number of aliphatic hydroxyl groups is 1. The summed E-state index contributed by atoms with van der Waals surface area (Å²) in [4.78, 5) is 24.7. The number of carbonyl (C=O) groups excluding carboxylic acids is 2. The number of unbranched alkanes of at least 4 members (excludes halogenated alkanes) is 30. The molecular weight excluding hydrogens is 1150 g/mol. The molecule has 0 radical (unpaired) electrons. The molecule has 0 bridgehead atoms. The van der Waals surface area contributed by atoms with Crippen LogP contribution in [-0.2, 0) is 19.1 Å².